The molecular formula is C18H27N3O. The van der Waals surface area contributed by atoms with Gasteiger partial charge in [-0.15, -0.1) is 0 Å². The number of benzene rings is 1. The summed E-state index contributed by atoms with van der Waals surface area (Å²) in [7, 11) is 0. The number of urea groups is 1. The largest absolute Gasteiger partial charge is 0.372 e. The average molecular weight is 301 g/mol. The van der Waals surface area contributed by atoms with Gasteiger partial charge in [-0.25, -0.2) is 4.79 Å². The van der Waals surface area contributed by atoms with Crippen molar-refractivity contribution in [1.82, 2.24) is 5.32 Å². The third-order valence-corrected chi connectivity index (χ3v) is 4.87. The van der Waals surface area contributed by atoms with Crippen molar-refractivity contribution in [2.45, 2.75) is 44.9 Å². The highest BCUT2D eigenvalue weighted by Crippen LogP contribution is 2.24. The summed E-state index contributed by atoms with van der Waals surface area (Å²) in [6.07, 6.45) is 9.04. The number of rotatable bonds is 4. The SMILES string of the molecule is O=C(NCC1CCCC1)Nc1ccc(N2CCCCC2)cc1. The molecule has 1 saturated heterocycles. The lowest BCUT2D eigenvalue weighted by Gasteiger charge is -2.28. The highest BCUT2D eigenvalue weighted by atomic mass is 16.2. The van der Waals surface area contributed by atoms with E-state index in [1.54, 1.807) is 0 Å². The van der Waals surface area contributed by atoms with Crippen molar-refractivity contribution in [3.8, 4) is 0 Å². The minimum atomic E-state index is -0.0855. The van der Waals surface area contributed by atoms with Gasteiger partial charge in [0.2, 0.25) is 0 Å². The van der Waals surface area contributed by atoms with Crippen LogP contribution in [0.2, 0.25) is 0 Å². The Hall–Kier alpha value is -1.71. The summed E-state index contributed by atoms with van der Waals surface area (Å²) in [6.45, 7) is 3.10. The van der Waals surface area contributed by atoms with Gasteiger partial charge in [-0.2, -0.15) is 0 Å². The molecule has 4 nitrogen and oxygen atoms in total. The van der Waals surface area contributed by atoms with Crippen LogP contribution >= 0.6 is 0 Å². The van der Waals surface area contributed by atoms with E-state index >= 15 is 0 Å². The van der Waals surface area contributed by atoms with Gasteiger partial charge < -0.3 is 15.5 Å². The molecule has 22 heavy (non-hydrogen) atoms. The fraction of sp³-hybridized carbons (Fsp3) is 0.611. The van der Waals surface area contributed by atoms with Gasteiger partial charge in [0, 0.05) is 31.0 Å². The Morgan fingerprint density at radius 1 is 1.00 bits per heavy atom. The maximum absolute atomic E-state index is 11.9. The van der Waals surface area contributed by atoms with Gasteiger partial charge >= 0.3 is 6.03 Å². The molecule has 1 aromatic rings. The molecule has 1 aromatic carbocycles. The van der Waals surface area contributed by atoms with E-state index in [9.17, 15) is 4.79 Å². The molecule has 1 heterocycles. The maximum atomic E-state index is 11.9. The van der Waals surface area contributed by atoms with E-state index in [-0.39, 0.29) is 6.03 Å². The van der Waals surface area contributed by atoms with Crippen molar-refractivity contribution in [1.29, 1.82) is 0 Å². The predicted octanol–water partition coefficient (Wildman–Crippen LogP) is 3.99. The molecule has 120 valence electrons. The number of hydrogen-bond acceptors (Lipinski definition) is 2. The fourth-order valence-electron chi connectivity index (χ4n) is 3.53. The first-order chi connectivity index (χ1) is 10.8. The molecule has 0 atom stereocenters. The molecular weight excluding hydrogens is 274 g/mol. The van der Waals surface area contributed by atoms with Crippen molar-refractivity contribution >= 4 is 17.4 Å². The lowest BCUT2D eigenvalue weighted by molar-refractivity contribution is 0.250. The summed E-state index contributed by atoms with van der Waals surface area (Å²) in [5.74, 6) is 0.673. The van der Waals surface area contributed by atoms with Gasteiger partial charge in [-0.3, -0.25) is 0 Å². The van der Waals surface area contributed by atoms with E-state index < -0.39 is 0 Å². The first-order valence-corrected chi connectivity index (χ1v) is 8.71. The van der Waals surface area contributed by atoms with Crippen LogP contribution in [0.1, 0.15) is 44.9 Å². The third kappa shape index (κ3) is 4.15. The lowest BCUT2D eigenvalue weighted by atomic mass is 10.1. The molecule has 2 N–H and O–H groups in total. The molecule has 1 saturated carbocycles. The number of carbonyl (C=O) groups is 1. The van der Waals surface area contributed by atoms with Gasteiger partial charge in [0.15, 0.2) is 0 Å². The zero-order chi connectivity index (χ0) is 15.2. The van der Waals surface area contributed by atoms with Crippen LogP contribution in [0.4, 0.5) is 16.2 Å². The summed E-state index contributed by atoms with van der Waals surface area (Å²) in [6, 6.07) is 8.13. The molecule has 4 heteroatoms. The van der Waals surface area contributed by atoms with E-state index in [0.29, 0.717) is 5.92 Å². The van der Waals surface area contributed by atoms with Gasteiger partial charge in [0.25, 0.3) is 0 Å². The van der Waals surface area contributed by atoms with Gasteiger partial charge in [-0.05, 0) is 62.3 Å². The molecule has 2 fully saturated rings. The summed E-state index contributed by atoms with van der Waals surface area (Å²) in [5.41, 5.74) is 2.13. The molecule has 1 aliphatic carbocycles. The Morgan fingerprint density at radius 3 is 2.36 bits per heavy atom. The van der Waals surface area contributed by atoms with Crippen LogP contribution in [-0.2, 0) is 0 Å². The standard InChI is InChI=1S/C18H27N3O/c22-18(19-14-15-6-2-3-7-15)20-16-8-10-17(11-9-16)21-12-4-1-5-13-21/h8-11,15H,1-7,12-14H2,(H2,19,20,22). The smallest absolute Gasteiger partial charge is 0.319 e. The highest BCUT2D eigenvalue weighted by Gasteiger charge is 2.15. The Morgan fingerprint density at radius 2 is 1.68 bits per heavy atom. The van der Waals surface area contributed by atoms with Gasteiger partial charge in [0.1, 0.15) is 0 Å². The van der Waals surface area contributed by atoms with Crippen LogP contribution in [0.3, 0.4) is 0 Å². The van der Waals surface area contributed by atoms with Crippen LogP contribution in [0.15, 0.2) is 24.3 Å². The second-order valence-corrected chi connectivity index (χ2v) is 6.58. The van der Waals surface area contributed by atoms with E-state index in [1.807, 2.05) is 12.1 Å². The van der Waals surface area contributed by atoms with Crippen LogP contribution in [0, 0.1) is 5.92 Å². The summed E-state index contributed by atoms with van der Waals surface area (Å²) >= 11 is 0. The van der Waals surface area contributed by atoms with Crippen LogP contribution in [-0.4, -0.2) is 25.7 Å². The molecule has 0 unspecified atom stereocenters. The second kappa shape index (κ2) is 7.52. The second-order valence-electron chi connectivity index (χ2n) is 6.58. The number of hydrogen-bond donors (Lipinski definition) is 2. The summed E-state index contributed by atoms with van der Waals surface area (Å²) in [5, 5.41) is 5.92. The van der Waals surface area contributed by atoms with Crippen LogP contribution in [0.5, 0.6) is 0 Å². The fourth-order valence-corrected chi connectivity index (χ4v) is 3.53. The molecule has 2 amide bonds. The molecule has 1 aliphatic heterocycles. The minimum Gasteiger partial charge on any atom is -0.372 e. The van der Waals surface area contributed by atoms with Gasteiger partial charge in [0.05, 0.1) is 0 Å². The van der Waals surface area contributed by atoms with E-state index in [1.165, 1.54) is 50.6 Å². The van der Waals surface area contributed by atoms with Crippen LogP contribution < -0.4 is 15.5 Å². The van der Waals surface area contributed by atoms with Crippen LogP contribution in [0.25, 0.3) is 0 Å². The Labute approximate surface area is 133 Å². The summed E-state index contributed by atoms with van der Waals surface area (Å²) < 4.78 is 0. The molecule has 0 bridgehead atoms. The maximum Gasteiger partial charge on any atom is 0.319 e. The Bertz CT molecular complexity index is 474. The first kappa shape index (κ1) is 15.2. The third-order valence-electron chi connectivity index (χ3n) is 4.87. The first-order valence-electron chi connectivity index (χ1n) is 8.71. The number of piperidine rings is 1. The van der Waals surface area contributed by atoms with Crippen molar-refractivity contribution in [2.24, 2.45) is 5.92 Å². The number of nitrogens with one attached hydrogen (secondary N) is 2. The lowest BCUT2D eigenvalue weighted by Crippen LogP contribution is -2.32. The quantitative estimate of drug-likeness (QED) is 0.883. The van der Waals surface area contributed by atoms with Crippen molar-refractivity contribution < 1.29 is 4.79 Å². The molecule has 3 rings (SSSR count). The number of anilines is 2. The highest BCUT2D eigenvalue weighted by molar-refractivity contribution is 5.89. The van der Waals surface area contributed by atoms with Crippen molar-refractivity contribution in [3.63, 3.8) is 0 Å². The monoisotopic (exact) mass is 301 g/mol. The zero-order valence-corrected chi connectivity index (χ0v) is 13.3. The van der Waals surface area contributed by atoms with E-state index in [2.05, 4.69) is 27.7 Å². The van der Waals surface area contributed by atoms with Crippen molar-refractivity contribution in [3.05, 3.63) is 24.3 Å². The van der Waals surface area contributed by atoms with E-state index in [4.69, 9.17) is 0 Å². The molecule has 0 aromatic heterocycles. The van der Waals surface area contributed by atoms with Gasteiger partial charge in [-0.1, -0.05) is 12.8 Å². The zero-order valence-electron chi connectivity index (χ0n) is 13.3. The normalized spacial score (nSPS) is 19.2. The molecule has 2 aliphatic rings. The topological polar surface area (TPSA) is 44.4 Å². The number of amides is 2. The Balaban J connectivity index is 1.46. The molecule has 0 radical (unpaired) electrons. The number of nitrogens with zero attached hydrogens (tertiary/aromatic N) is 1. The predicted molar refractivity (Wildman–Crippen MR) is 91.5 cm³/mol. The van der Waals surface area contributed by atoms with E-state index in [0.717, 1.165) is 25.3 Å². The van der Waals surface area contributed by atoms with Crippen molar-refractivity contribution in [2.75, 3.05) is 29.9 Å². The number of carbonyl (C=O) groups excluding carboxylic acids is 1. The summed E-state index contributed by atoms with van der Waals surface area (Å²) in [4.78, 5) is 14.3. The average Bonchev–Trinajstić information content (AvgIpc) is 3.08. The molecule has 0 spiro atoms. The minimum absolute atomic E-state index is 0.0855. The Kier molecular flexibility index (Phi) is 5.20.